The van der Waals surface area contributed by atoms with Gasteiger partial charge >= 0.3 is 0 Å². The summed E-state index contributed by atoms with van der Waals surface area (Å²) in [5.74, 6) is 0.0790. The van der Waals surface area contributed by atoms with Crippen LogP contribution < -0.4 is 5.32 Å². The fourth-order valence-electron chi connectivity index (χ4n) is 2.76. The summed E-state index contributed by atoms with van der Waals surface area (Å²) in [4.78, 5) is 0. The van der Waals surface area contributed by atoms with Crippen LogP contribution in [-0.2, 0) is 9.84 Å². The van der Waals surface area contributed by atoms with E-state index in [1.807, 2.05) is 6.92 Å². The SMILES string of the molecule is CCCNCC(C)(O)C1CCCC(S(C)(=O)=O)C1. The van der Waals surface area contributed by atoms with Crippen LogP contribution in [0.25, 0.3) is 0 Å². The van der Waals surface area contributed by atoms with E-state index < -0.39 is 15.4 Å². The van der Waals surface area contributed by atoms with Crippen molar-refractivity contribution in [2.24, 2.45) is 5.92 Å². The Balaban J connectivity index is 2.59. The van der Waals surface area contributed by atoms with Gasteiger partial charge in [-0.15, -0.1) is 0 Å². The zero-order valence-electron chi connectivity index (χ0n) is 11.8. The molecule has 5 heteroatoms. The number of nitrogens with one attached hydrogen (secondary N) is 1. The molecule has 1 aliphatic rings. The van der Waals surface area contributed by atoms with E-state index in [0.29, 0.717) is 13.0 Å². The number of aliphatic hydroxyl groups is 1. The fourth-order valence-corrected chi connectivity index (χ4v) is 3.94. The molecule has 0 radical (unpaired) electrons. The zero-order valence-corrected chi connectivity index (χ0v) is 12.6. The molecule has 0 aromatic heterocycles. The Bertz CT molecular complexity index is 351. The van der Waals surface area contributed by atoms with E-state index in [9.17, 15) is 13.5 Å². The molecule has 3 unspecified atom stereocenters. The van der Waals surface area contributed by atoms with Crippen LogP contribution >= 0.6 is 0 Å². The lowest BCUT2D eigenvalue weighted by atomic mass is 9.77. The van der Waals surface area contributed by atoms with Crippen LogP contribution in [0.1, 0.15) is 46.0 Å². The highest BCUT2D eigenvalue weighted by atomic mass is 32.2. The molecule has 0 aliphatic heterocycles. The summed E-state index contributed by atoms with van der Waals surface area (Å²) in [6.45, 7) is 5.34. The minimum absolute atomic E-state index is 0.0790. The molecule has 3 atom stereocenters. The topological polar surface area (TPSA) is 66.4 Å². The molecular weight excluding hydrogens is 250 g/mol. The van der Waals surface area contributed by atoms with Gasteiger partial charge in [0.05, 0.1) is 10.9 Å². The van der Waals surface area contributed by atoms with Gasteiger partial charge in [-0.1, -0.05) is 13.3 Å². The van der Waals surface area contributed by atoms with E-state index in [0.717, 1.165) is 32.2 Å². The van der Waals surface area contributed by atoms with Crippen LogP contribution in [-0.4, -0.2) is 43.7 Å². The third-order valence-electron chi connectivity index (χ3n) is 4.02. The molecule has 0 bridgehead atoms. The molecule has 0 aromatic rings. The van der Waals surface area contributed by atoms with Crippen LogP contribution in [0.15, 0.2) is 0 Å². The highest BCUT2D eigenvalue weighted by Crippen LogP contribution is 2.35. The highest BCUT2D eigenvalue weighted by Gasteiger charge is 2.38. The van der Waals surface area contributed by atoms with Gasteiger partial charge in [-0.25, -0.2) is 8.42 Å². The lowest BCUT2D eigenvalue weighted by Crippen LogP contribution is -2.47. The quantitative estimate of drug-likeness (QED) is 0.719. The lowest BCUT2D eigenvalue weighted by Gasteiger charge is -2.38. The molecule has 2 N–H and O–H groups in total. The largest absolute Gasteiger partial charge is 0.389 e. The Hall–Kier alpha value is -0.130. The molecule has 108 valence electrons. The molecule has 1 fully saturated rings. The van der Waals surface area contributed by atoms with Crippen molar-refractivity contribution < 1.29 is 13.5 Å². The van der Waals surface area contributed by atoms with Crippen LogP contribution in [0.3, 0.4) is 0 Å². The standard InChI is InChI=1S/C13H27NO3S/c1-4-8-14-10-13(2,15)11-6-5-7-12(9-11)18(3,16)17/h11-12,14-15H,4-10H2,1-3H3. The second kappa shape index (κ2) is 6.35. The Labute approximate surface area is 111 Å². The van der Waals surface area contributed by atoms with Crippen molar-refractivity contribution >= 4 is 9.84 Å². The number of sulfone groups is 1. The summed E-state index contributed by atoms with van der Waals surface area (Å²) in [5.41, 5.74) is -0.807. The Morgan fingerprint density at radius 1 is 1.39 bits per heavy atom. The number of hydrogen-bond donors (Lipinski definition) is 2. The average Bonchev–Trinajstić information content (AvgIpc) is 2.28. The first kappa shape index (κ1) is 15.9. The van der Waals surface area contributed by atoms with Gasteiger partial charge in [0.15, 0.2) is 0 Å². The summed E-state index contributed by atoms with van der Waals surface area (Å²) in [6, 6.07) is 0. The molecule has 0 spiro atoms. The normalized spacial score (nSPS) is 28.9. The molecule has 0 saturated heterocycles. The fraction of sp³-hybridized carbons (Fsp3) is 1.00. The van der Waals surface area contributed by atoms with Crippen LogP contribution in [0, 0.1) is 5.92 Å². The maximum Gasteiger partial charge on any atom is 0.150 e. The Kier molecular flexibility index (Phi) is 5.62. The maximum atomic E-state index is 11.6. The molecule has 0 aromatic carbocycles. The highest BCUT2D eigenvalue weighted by molar-refractivity contribution is 7.91. The van der Waals surface area contributed by atoms with Gasteiger partial charge in [0, 0.05) is 12.8 Å². The molecule has 1 rings (SSSR count). The zero-order chi connectivity index (χ0) is 13.8. The van der Waals surface area contributed by atoms with Gasteiger partial charge in [-0.05, 0) is 45.1 Å². The minimum atomic E-state index is -2.98. The van der Waals surface area contributed by atoms with Crippen LogP contribution in [0.4, 0.5) is 0 Å². The van der Waals surface area contributed by atoms with Gasteiger partial charge in [0.1, 0.15) is 9.84 Å². The molecule has 1 aliphatic carbocycles. The van der Waals surface area contributed by atoms with E-state index in [4.69, 9.17) is 0 Å². The molecule has 1 saturated carbocycles. The molecule has 0 amide bonds. The molecular formula is C13H27NO3S. The lowest BCUT2D eigenvalue weighted by molar-refractivity contribution is -0.0143. The van der Waals surface area contributed by atoms with Crippen LogP contribution in [0.2, 0.25) is 0 Å². The third kappa shape index (κ3) is 4.52. The summed E-state index contributed by atoms with van der Waals surface area (Å²) in [5, 5.41) is 13.4. The summed E-state index contributed by atoms with van der Waals surface area (Å²) >= 11 is 0. The van der Waals surface area contributed by atoms with Gasteiger partial charge in [-0.2, -0.15) is 0 Å². The second-order valence-corrected chi connectivity index (χ2v) is 8.17. The third-order valence-corrected chi connectivity index (χ3v) is 5.66. The van der Waals surface area contributed by atoms with Crippen molar-refractivity contribution in [1.82, 2.24) is 5.32 Å². The molecule has 0 heterocycles. The van der Waals surface area contributed by atoms with E-state index in [-0.39, 0.29) is 11.2 Å². The first-order valence-electron chi connectivity index (χ1n) is 6.89. The average molecular weight is 277 g/mol. The van der Waals surface area contributed by atoms with Gasteiger partial charge < -0.3 is 10.4 Å². The maximum absolute atomic E-state index is 11.6. The van der Waals surface area contributed by atoms with E-state index in [1.54, 1.807) is 0 Å². The number of rotatable bonds is 6. The molecule has 4 nitrogen and oxygen atoms in total. The van der Waals surface area contributed by atoms with E-state index in [1.165, 1.54) is 6.26 Å². The van der Waals surface area contributed by atoms with Crippen molar-refractivity contribution in [3.8, 4) is 0 Å². The Morgan fingerprint density at radius 3 is 2.61 bits per heavy atom. The second-order valence-electron chi connectivity index (χ2n) is 5.85. The van der Waals surface area contributed by atoms with Gasteiger partial charge in [0.2, 0.25) is 0 Å². The smallest absolute Gasteiger partial charge is 0.150 e. The monoisotopic (exact) mass is 277 g/mol. The summed E-state index contributed by atoms with van der Waals surface area (Å²) in [6.07, 6.45) is 5.50. The van der Waals surface area contributed by atoms with Crippen molar-refractivity contribution in [1.29, 1.82) is 0 Å². The molecule has 18 heavy (non-hydrogen) atoms. The Morgan fingerprint density at radius 2 is 2.06 bits per heavy atom. The van der Waals surface area contributed by atoms with Crippen molar-refractivity contribution in [2.45, 2.75) is 56.8 Å². The van der Waals surface area contributed by atoms with Crippen LogP contribution in [0.5, 0.6) is 0 Å². The van der Waals surface area contributed by atoms with Gasteiger partial charge in [-0.3, -0.25) is 0 Å². The van der Waals surface area contributed by atoms with E-state index >= 15 is 0 Å². The predicted molar refractivity (Wildman–Crippen MR) is 74.4 cm³/mol. The van der Waals surface area contributed by atoms with E-state index in [2.05, 4.69) is 12.2 Å². The van der Waals surface area contributed by atoms with Crippen molar-refractivity contribution in [3.63, 3.8) is 0 Å². The predicted octanol–water partition coefficient (Wildman–Crippen LogP) is 1.34. The van der Waals surface area contributed by atoms with Gasteiger partial charge in [0.25, 0.3) is 0 Å². The first-order valence-corrected chi connectivity index (χ1v) is 8.84. The van der Waals surface area contributed by atoms with Crippen molar-refractivity contribution in [2.75, 3.05) is 19.3 Å². The van der Waals surface area contributed by atoms with Crippen molar-refractivity contribution in [3.05, 3.63) is 0 Å². The minimum Gasteiger partial charge on any atom is -0.389 e. The first-order chi connectivity index (χ1) is 8.27. The summed E-state index contributed by atoms with van der Waals surface area (Å²) < 4.78 is 23.2. The number of hydrogen-bond acceptors (Lipinski definition) is 4. The summed E-state index contributed by atoms with van der Waals surface area (Å²) in [7, 11) is -2.98.